The molecule has 1 aromatic carbocycles. The summed E-state index contributed by atoms with van der Waals surface area (Å²) in [6.07, 6.45) is 1.72. The fourth-order valence-electron chi connectivity index (χ4n) is 1.15. The second-order valence-corrected chi connectivity index (χ2v) is 3.62. The van der Waals surface area contributed by atoms with Crippen molar-refractivity contribution >= 4 is 29.7 Å². The van der Waals surface area contributed by atoms with E-state index in [-0.39, 0.29) is 23.1 Å². The zero-order chi connectivity index (χ0) is 12.0. The van der Waals surface area contributed by atoms with Gasteiger partial charge in [-0.15, -0.1) is 12.4 Å². The minimum absolute atomic E-state index is 0. The number of hydrogen-bond acceptors (Lipinski definition) is 4. The van der Waals surface area contributed by atoms with Gasteiger partial charge in [-0.25, -0.2) is 0 Å². The maximum Gasteiger partial charge on any atom is 0.271 e. The molecule has 1 aromatic rings. The first-order chi connectivity index (χ1) is 7.65. The minimum atomic E-state index is -0.496. The highest BCUT2D eigenvalue weighted by molar-refractivity contribution is 6.32. The van der Waals surface area contributed by atoms with Crippen molar-refractivity contribution in [3.8, 4) is 5.75 Å². The topological polar surface area (TPSA) is 78.4 Å². The lowest BCUT2D eigenvalue weighted by Gasteiger charge is -2.06. The number of nitro groups is 1. The first-order valence-corrected chi connectivity index (χ1v) is 5.29. The smallest absolute Gasteiger partial charge is 0.271 e. The molecule has 0 saturated carbocycles. The number of nitro benzene ring substituents is 1. The van der Waals surface area contributed by atoms with Crippen LogP contribution in [-0.4, -0.2) is 18.1 Å². The van der Waals surface area contributed by atoms with Gasteiger partial charge in [0.15, 0.2) is 0 Å². The van der Waals surface area contributed by atoms with Gasteiger partial charge in [-0.05, 0) is 25.5 Å². The van der Waals surface area contributed by atoms with E-state index in [1.54, 1.807) is 0 Å². The van der Waals surface area contributed by atoms with Crippen LogP contribution in [0, 0.1) is 10.1 Å². The van der Waals surface area contributed by atoms with Crippen LogP contribution in [0.2, 0.25) is 5.02 Å². The van der Waals surface area contributed by atoms with Crippen LogP contribution in [0.5, 0.6) is 5.75 Å². The summed E-state index contributed by atoms with van der Waals surface area (Å²) in [5.41, 5.74) is 5.29. The molecule has 5 nitrogen and oxygen atoms in total. The fourth-order valence-corrected chi connectivity index (χ4v) is 1.38. The Morgan fingerprint density at radius 2 is 2.12 bits per heavy atom. The molecule has 2 N–H and O–H groups in total. The summed E-state index contributed by atoms with van der Waals surface area (Å²) in [6, 6.07) is 4.15. The van der Waals surface area contributed by atoms with E-state index < -0.39 is 4.92 Å². The highest BCUT2D eigenvalue weighted by atomic mass is 35.5. The number of nitrogens with zero attached hydrogens (tertiary/aromatic N) is 1. The molecule has 0 atom stereocenters. The molecule has 0 unspecified atom stereocenters. The van der Waals surface area contributed by atoms with Gasteiger partial charge < -0.3 is 10.5 Å². The summed E-state index contributed by atoms with van der Waals surface area (Å²) >= 11 is 5.83. The molecule has 0 fully saturated rings. The molecule has 0 aliphatic heterocycles. The molecular weight excluding hydrogens is 267 g/mol. The van der Waals surface area contributed by atoms with Crippen molar-refractivity contribution in [3.05, 3.63) is 33.3 Å². The molecule has 0 saturated heterocycles. The lowest BCUT2D eigenvalue weighted by Crippen LogP contribution is -2.03. The number of ether oxygens (including phenoxy) is 1. The first-order valence-electron chi connectivity index (χ1n) is 4.92. The number of nitrogens with two attached hydrogens (primary N) is 1. The normalized spacial score (nSPS) is 9.53. The van der Waals surface area contributed by atoms with Gasteiger partial charge >= 0.3 is 0 Å². The van der Waals surface area contributed by atoms with E-state index in [4.69, 9.17) is 22.1 Å². The Balaban J connectivity index is 0.00000256. The molecule has 17 heavy (non-hydrogen) atoms. The molecule has 0 bridgehead atoms. The monoisotopic (exact) mass is 280 g/mol. The highest BCUT2D eigenvalue weighted by Gasteiger charge is 2.09. The summed E-state index contributed by atoms with van der Waals surface area (Å²) in [5.74, 6) is 0.462. The molecular formula is C10H14Cl2N2O3. The standard InChI is InChI=1S/C10H13ClN2O3.ClH/c11-9-7-8(13(14)15)3-4-10(9)16-6-2-1-5-12;/h3-4,7H,1-2,5-6,12H2;1H. The van der Waals surface area contributed by atoms with E-state index in [0.29, 0.717) is 18.9 Å². The second kappa shape index (κ2) is 8.11. The van der Waals surface area contributed by atoms with Gasteiger partial charge in [0.2, 0.25) is 0 Å². The van der Waals surface area contributed by atoms with E-state index in [9.17, 15) is 10.1 Å². The van der Waals surface area contributed by atoms with Gasteiger partial charge in [0.1, 0.15) is 5.75 Å². The van der Waals surface area contributed by atoms with E-state index in [2.05, 4.69) is 0 Å². The van der Waals surface area contributed by atoms with E-state index in [1.807, 2.05) is 0 Å². The highest BCUT2D eigenvalue weighted by Crippen LogP contribution is 2.28. The Labute approximate surface area is 110 Å². The maximum absolute atomic E-state index is 10.5. The lowest BCUT2D eigenvalue weighted by molar-refractivity contribution is -0.384. The van der Waals surface area contributed by atoms with Crippen LogP contribution >= 0.6 is 24.0 Å². The van der Waals surface area contributed by atoms with Gasteiger partial charge in [0.05, 0.1) is 16.6 Å². The Hall–Kier alpha value is -1.04. The van der Waals surface area contributed by atoms with Crippen molar-refractivity contribution < 1.29 is 9.66 Å². The molecule has 0 radical (unpaired) electrons. The van der Waals surface area contributed by atoms with Crippen molar-refractivity contribution in [3.63, 3.8) is 0 Å². The maximum atomic E-state index is 10.5. The molecule has 0 aliphatic rings. The number of hydrogen-bond donors (Lipinski definition) is 1. The summed E-state index contributed by atoms with van der Waals surface area (Å²) < 4.78 is 5.36. The van der Waals surface area contributed by atoms with E-state index in [1.165, 1.54) is 18.2 Å². The van der Waals surface area contributed by atoms with Crippen molar-refractivity contribution in [2.45, 2.75) is 12.8 Å². The van der Waals surface area contributed by atoms with Crippen molar-refractivity contribution in [1.29, 1.82) is 0 Å². The molecule has 0 spiro atoms. The van der Waals surface area contributed by atoms with Crippen LogP contribution in [-0.2, 0) is 0 Å². The van der Waals surface area contributed by atoms with Crippen LogP contribution in [0.25, 0.3) is 0 Å². The molecule has 0 aromatic heterocycles. The SMILES string of the molecule is Cl.NCCCCOc1ccc([N+](=O)[O-])cc1Cl. The number of rotatable bonds is 6. The predicted octanol–water partition coefficient (Wildman–Crippen LogP) is 2.79. The van der Waals surface area contributed by atoms with Crippen LogP contribution < -0.4 is 10.5 Å². The fraction of sp³-hybridized carbons (Fsp3) is 0.400. The summed E-state index contributed by atoms with van der Waals surface area (Å²) in [4.78, 5) is 9.96. The minimum Gasteiger partial charge on any atom is -0.492 e. The van der Waals surface area contributed by atoms with Gasteiger partial charge in [-0.3, -0.25) is 10.1 Å². The van der Waals surface area contributed by atoms with Crippen LogP contribution in [0.1, 0.15) is 12.8 Å². The molecule has 1 rings (SSSR count). The molecule has 7 heteroatoms. The largest absolute Gasteiger partial charge is 0.492 e. The molecule has 0 heterocycles. The van der Waals surface area contributed by atoms with Gasteiger partial charge in [0, 0.05) is 12.1 Å². The first kappa shape index (κ1) is 16.0. The van der Waals surface area contributed by atoms with Crippen LogP contribution in [0.3, 0.4) is 0 Å². The number of benzene rings is 1. The zero-order valence-corrected chi connectivity index (χ0v) is 10.7. The third-order valence-electron chi connectivity index (χ3n) is 1.98. The third kappa shape index (κ3) is 5.21. The molecule has 0 aliphatic carbocycles. The van der Waals surface area contributed by atoms with Crippen molar-refractivity contribution in [2.75, 3.05) is 13.2 Å². The molecule has 0 amide bonds. The van der Waals surface area contributed by atoms with Crippen molar-refractivity contribution in [1.82, 2.24) is 0 Å². The number of unbranched alkanes of at least 4 members (excludes halogenated alkanes) is 1. The summed E-state index contributed by atoms with van der Waals surface area (Å²) in [6.45, 7) is 1.13. The summed E-state index contributed by atoms with van der Waals surface area (Å²) in [7, 11) is 0. The third-order valence-corrected chi connectivity index (χ3v) is 2.28. The average molecular weight is 281 g/mol. The van der Waals surface area contributed by atoms with Crippen LogP contribution in [0.4, 0.5) is 5.69 Å². The lowest BCUT2D eigenvalue weighted by atomic mass is 10.3. The Kier molecular flexibility index (Phi) is 7.61. The van der Waals surface area contributed by atoms with Gasteiger partial charge in [0.25, 0.3) is 5.69 Å². The van der Waals surface area contributed by atoms with Gasteiger partial charge in [-0.2, -0.15) is 0 Å². The Bertz CT molecular complexity index is 375. The second-order valence-electron chi connectivity index (χ2n) is 3.22. The predicted molar refractivity (Wildman–Crippen MR) is 69.1 cm³/mol. The molecule has 96 valence electrons. The average Bonchev–Trinajstić information content (AvgIpc) is 2.26. The Morgan fingerprint density at radius 3 is 2.65 bits per heavy atom. The zero-order valence-electron chi connectivity index (χ0n) is 9.10. The summed E-state index contributed by atoms with van der Waals surface area (Å²) in [5, 5.41) is 10.7. The number of non-ortho nitro benzene ring substituents is 1. The van der Waals surface area contributed by atoms with Crippen LogP contribution in [0.15, 0.2) is 18.2 Å². The van der Waals surface area contributed by atoms with Gasteiger partial charge in [-0.1, -0.05) is 11.6 Å². The Morgan fingerprint density at radius 1 is 1.41 bits per heavy atom. The van der Waals surface area contributed by atoms with E-state index >= 15 is 0 Å². The quantitative estimate of drug-likeness (QED) is 0.494. The van der Waals surface area contributed by atoms with E-state index in [0.717, 1.165) is 12.8 Å². The number of halogens is 2. The van der Waals surface area contributed by atoms with Crippen molar-refractivity contribution in [2.24, 2.45) is 5.73 Å².